The number of ketones is 1. The van der Waals surface area contributed by atoms with E-state index in [-0.39, 0.29) is 24.0 Å². The number of Topliss-reactive ketones (excluding diaryl/α,β-unsaturated/α-hetero) is 1. The topological polar surface area (TPSA) is 76.1 Å². The summed E-state index contributed by atoms with van der Waals surface area (Å²) in [6.45, 7) is 6.35. The Morgan fingerprint density at radius 1 is 1.16 bits per heavy atom. The number of carbonyl (C=O) groups excluding carboxylic acids is 2. The Hall–Kier alpha value is -3.19. The quantitative estimate of drug-likeness (QED) is 0.285. The average molecular weight is 441 g/mol. The predicted octanol–water partition coefficient (Wildman–Crippen LogP) is 4.38. The third-order valence-electron chi connectivity index (χ3n) is 5.28. The number of carbonyl (C=O) groups is 2. The number of benzene rings is 2. The van der Waals surface area contributed by atoms with Gasteiger partial charge in [-0.1, -0.05) is 12.1 Å². The zero-order chi connectivity index (χ0) is 23.4. The maximum atomic E-state index is 13.5. The van der Waals surface area contributed by atoms with Gasteiger partial charge >= 0.3 is 0 Å². The Bertz CT molecular complexity index is 1030. The monoisotopic (exact) mass is 441 g/mol. The maximum absolute atomic E-state index is 13.5. The molecule has 1 saturated heterocycles. The van der Waals surface area contributed by atoms with Crippen LogP contribution in [0.25, 0.3) is 5.76 Å². The Morgan fingerprint density at radius 2 is 1.84 bits per heavy atom. The van der Waals surface area contributed by atoms with Crippen molar-refractivity contribution in [3.05, 3.63) is 70.5 Å². The van der Waals surface area contributed by atoms with Gasteiger partial charge in [-0.15, -0.1) is 0 Å². The van der Waals surface area contributed by atoms with Crippen LogP contribution in [0.15, 0.2) is 48.0 Å². The van der Waals surface area contributed by atoms with E-state index >= 15 is 0 Å². The second-order valence-electron chi connectivity index (χ2n) is 8.04. The fourth-order valence-electron chi connectivity index (χ4n) is 3.82. The van der Waals surface area contributed by atoms with Crippen molar-refractivity contribution in [2.75, 3.05) is 20.3 Å². The molecular formula is C25H28FNO5. The molecular weight excluding hydrogens is 413 g/mol. The molecule has 1 heterocycles. The minimum absolute atomic E-state index is 0.0101. The smallest absolute Gasteiger partial charge is 0.295 e. The summed E-state index contributed by atoms with van der Waals surface area (Å²) in [6, 6.07) is 9.86. The molecule has 6 nitrogen and oxygen atoms in total. The zero-order valence-corrected chi connectivity index (χ0v) is 18.7. The number of rotatable bonds is 8. The highest BCUT2D eigenvalue weighted by Gasteiger charge is 2.45. The second kappa shape index (κ2) is 9.96. The van der Waals surface area contributed by atoms with Crippen LogP contribution in [-0.4, -0.2) is 48.1 Å². The van der Waals surface area contributed by atoms with Gasteiger partial charge in [0.15, 0.2) is 0 Å². The van der Waals surface area contributed by atoms with Gasteiger partial charge in [-0.25, -0.2) is 4.39 Å². The van der Waals surface area contributed by atoms with Crippen molar-refractivity contribution >= 4 is 17.4 Å². The van der Waals surface area contributed by atoms with E-state index in [2.05, 4.69) is 0 Å². The van der Waals surface area contributed by atoms with Gasteiger partial charge in [0, 0.05) is 25.8 Å². The van der Waals surface area contributed by atoms with Gasteiger partial charge in [0.25, 0.3) is 11.7 Å². The number of methoxy groups -OCH3 is 1. The van der Waals surface area contributed by atoms with Crippen LogP contribution in [-0.2, 0) is 14.3 Å². The summed E-state index contributed by atoms with van der Waals surface area (Å²) in [5.74, 6) is -1.50. The first-order chi connectivity index (χ1) is 15.2. The lowest BCUT2D eigenvalue weighted by molar-refractivity contribution is -0.140. The van der Waals surface area contributed by atoms with Crippen LogP contribution in [0.4, 0.5) is 4.39 Å². The lowest BCUT2D eigenvalue weighted by Gasteiger charge is -2.25. The molecule has 2 aromatic rings. The van der Waals surface area contributed by atoms with Gasteiger partial charge in [-0.2, -0.15) is 0 Å². The fraction of sp³-hybridized carbons (Fsp3) is 0.360. The molecule has 32 heavy (non-hydrogen) atoms. The first kappa shape index (κ1) is 23.5. The number of amides is 1. The number of nitrogens with zero attached hydrogens (tertiary/aromatic N) is 1. The van der Waals surface area contributed by atoms with Crippen molar-refractivity contribution in [1.29, 1.82) is 0 Å². The largest absolute Gasteiger partial charge is 0.507 e. The minimum atomic E-state index is -0.820. The van der Waals surface area contributed by atoms with E-state index in [4.69, 9.17) is 9.47 Å². The lowest BCUT2D eigenvalue weighted by atomic mass is 9.94. The molecule has 0 bridgehead atoms. The summed E-state index contributed by atoms with van der Waals surface area (Å²) < 4.78 is 24.3. The lowest BCUT2D eigenvalue weighted by Crippen LogP contribution is -2.31. The summed E-state index contributed by atoms with van der Waals surface area (Å²) >= 11 is 0. The molecule has 1 amide bonds. The van der Waals surface area contributed by atoms with Gasteiger partial charge in [0.1, 0.15) is 17.3 Å². The molecule has 0 aliphatic carbocycles. The summed E-state index contributed by atoms with van der Waals surface area (Å²) in [6.07, 6.45) is 0.505. The summed E-state index contributed by atoms with van der Waals surface area (Å²) in [5, 5.41) is 11.1. The van der Waals surface area contributed by atoms with Crippen molar-refractivity contribution in [2.45, 2.75) is 39.3 Å². The molecule has 170 valence electrons. The van der Waals surface area contributed by atoms with E-state index in [9.17, 15) is 19.1 Å². The molecule has 0 spiro atoms. The number of hydrogen-bond donors (Lipinski definition) is 1. The third kappa shape index (κ3) is 4.83. The Labute approximate surface area is 187 Å². The van der Waals surface area contributed by atoms with E-state index < -0.39 is 23.5 Å². The molecule has 0 radical (unpaired) electrons. The highest BCUT2D eigenvalue weighted by Crippen LogP contribution is 2.40. The van der Waals surface area contributed by atoms with Crippen LogP contribution in [0.2, 0.25) is 0 Å². The minimum Gasteiger partial charge on any atom is -0.507 e. The molecule has 2 aromatic carbocycles. The van der Waals surface area contributed by atoms with Crippen molar-refractivity contribution in [1.82, 2.24) is 4.90 Å². The third-order valence-corrected chi connectivity index (χ3v) is 5.28. The predicted molar refractivity (Wildman–Crippen MR) is 119 cm³/mol. The number of hydrogen-bond acceptors (Lipinski definition) is 5. The Morgan fingerprint density at radius 3 is 2.44 bits per heavy atom. The highest BCUT2D eigenvalue weighted by atomic mass is 19.1. The molecule has 0 aromatic heterocycles. The normalized spacial score (nSPS) is 17.9. The SMILES string of the molecule is COCCCN1C(=O)C(=O)/C(=C(\O)c2ccc(OC(C)C)c(C)c2)C1c1ccc(F)cc1. The molecule has 0 saturated carbocycles. The van der Waals surface area contributed by atoms with Gasteiger partial charge in [0.05, 0.1) is 17.7 Å². The van der Waals surface area contributed by atoms with Crippen molar-refractivity contribution < 1.29 is 28.6 Å². The summed E-state index contributed by atoms with van der Waals surface area (Å²) in [4.78, 5) is 27.2. The van der Waals surface area contributed by atoms with Gasteiger partial charge in [-0.05, 0) is 68.7 Å². The van der Waals surface area contributed by atoms with Crippen LogP contribution in [0, 0.1) is 12.7 Å². The maximum Gasteiger partial charge on any atom is 0.295 e. The van der Waals surface area contributed by atoms with E-state index in [0.717, 1.165) is 5.56 Å². The van der Waals surface area contributed by atoms with Crippen molar-refractivity contribution in [2.24, 2.45) is 0 Å². The zero-order valence-electron chi connectivity index (χ0n) is 18.7. The van der Waals surface area contributed by atoms with Crippen LogP contribution in [0.1, 0.15) is 43.0 Å². The van der Waals surface area contributed by atoms with Crippen LogP contribution >= 0.6 is 0 Å². The van der Waals surface area contributed by atoms with Gasteiger partial charge in [-0.3, -0.25) is 9.59 Å². The Kier molecular flexibility index (Phi) is 7.30. The molecule has 1 unspecified atom stereocenters. The number of aliphatic hydroxyl groups excluding tert-OH is 1. The molecule has 7 heteroatoms. The summed E-state index contributed by atoms with van der Waals surface area (Å²) in [5.41, 5.74) is 1.72. The molecule has 3 rings (SSSR count). The van der Waals surface area contributed by atoms with E-state index in [1.807, 2.05) is 20.8 Å². The number of aliphatic hydroxyl groups is 1. The van der Waals surface area contributed by atoms with Gasteiger partial charge in [0.2, 0.25) is 0 Å². The first-order valence-electron chi connectivity index (χ1n) is 10.5. The first-order valence-corrected chi connectivity index (χ1v) is 10.5. The number of ether oxygens (including phenoxy) is 2. The number of likely N-dealkylation sites (tertiary alicyclic amines) is 1. The standard InChI is InChI=1S/C25H28FNO5/c1-15(2)32-20-11-8-18(14-16(20)3)23(28)21-22(17-6-9-19(26)10-7-17)27(12-5-13-31-4)25(30)24(21)29/h6-11,14-15,22,28H,5,12-13H2,1-4H3/b23-21-. The molecule has 1 aliphatic rings. The number of aryl methyl sites for hydroxylation is 1. The fourth-order valence-corrected chi connectivity index (χ4v) is 3.82. The molecule has 1 fully saturated rings. The van der Waals surface area contributed by atoms with Crippen molar-refractivity contribution in [3.63, 3.8) is 0 Å². The average Bonchev–Trinajstić information content (AvgIpc) is 3.00. The van der Waals surface area contributed by atoms with Crippen LogP contribution in [0.3, 0.4) is 0 Å². The molecule has 1 N–H and O–H groups in total. The molecule has 1 aliphatic heterocycles. The summed E-state index contributed by atoms with van der Waals surface area (Å²) in [7, 11) is 1.56. The van der Waals surface area contributed by atoms with Crippen molar-refractivity contribution in [3.8, 4) is 5.75 Å². The van der Waals surface area contributed by atoms with Gasteiger partial charge < -0.3 is 19.5 Å². The van der Waals surface area contributed by atoms with E-state index in [1.165, 1.54) is 29.2 Å². The van der Waals surface area contributed by atoms with Crippen LogP contribution in [0.5, 0.6) is 5.75 Å². The van der Waals surface area contributed by atoms with E-state index in [0.29, 0.717) is 29.9 Å². The van der Waals surface area contributed by atoms with E-state index in [1.54, 1.807) is 25.3 Å². The molecule has 1 atom stereocenters. The Balaban J connectivity index is 2.08. The second-order valence-corrected chi connectivity index (χ2v) is 8.04. The number of halogens is 1. The highest BCUT2D eigenvalue weighted by molar-refractivity contribution is 6.46. The van der Waals surface area contributed by atoms with Crippen LogP contribution < -0.4 is 4.74 Å².